The van der Waals surface area contributed by atoms with E-state index in [0.717, 1.165) is 77.6 Å². The van der Waals surface area contributed by atoms with Crippen LogP contribution in [0.5, 0.6) is 0 Å². The van der Waals surface area contributed by atoms with Crippen LogP contribution in [0.15, 0.2) is 36.7 Å². The lowest BCUT2D eigenvalue weighted by Crippen LogP contribution is -2.21. The maximum Gasteiger partial charge on any atom is 0.211 e. The number of thiazole rings is 1. The predicted octanol–water partition coefficient (Wildman–Crippen LogP) is 4.42. The monoisotopic (exact) mass is 461 g/mol. The van der Waals surface area contributed by atoms with Crippen LogP contribution in [0.3, 0.4) is 0 Å². The second-order valence-electron chi connectivity index (χ2n) is 8.82. The summed E-state index contributed by atoms with van der Waals surface area (Å²) in [6.45, 7) is 6.86. The zero-order chi connectivity index (χ0) is 22.2. The van der Waals surface area contributed by atoms with Crippen LogP contribution in [0, 0.1) is 6.92 Å². The van der Waals surface area contributed by atoms with Gasteiger partial charge < -0.3 is 10.1 Å². The number of hydrogen-bond donors (Lipinski definition) is 1. The molecular weight excluding hydrogens is 434 g/mol. The summed E-state index contributed by atoms with van der Waals surface area (Å²) in [5, 5.41) is 8.62. The fraction of sp³-hybridized carbons (Fsp3) is 0.417. The number of likely N-dealkylation sites (tertiary alicyclic amines) is 1. The number of ether oxygens (including phenoxy) is 1. The normalized spacial score (nSPS) is 19.0. The van der Waals surface area contributed by atoms with Gasteiger partial charge in [0.2, 0.25) is 5.13 Å². The summed E-state index contributed by atoms with van der Waals surface area (Å²) in [5.74, 6) is 2.00. The number of rotatable bonds is 6. The summed E-state index contributed by atoms with van der Waals surface area (Å²) in [6, 6.07) is 8.24. The third-order valence-electron chi connectivity index (χ3n) is 6.48. The molecule has 1 unspecified atom stereocenters. The molecule has 0 amide bonds. The van der Waals surface area contributed by atoms with Crippen LogP contribution in [0.4, 0.5) is 11.6 Å². The molecule has 2 saturated heterocycles. The van der Waals surface area contributed by atoms with E-state index in [1.807, 2.05) is 29.9 Å². The van der Waals surface area contributed by atoms with Gasteiger partial charge in [-0.15, -0.1) is 0 Å². The summed E-state index contributed by atoms with van der Waals surface area (Å²) in [5.41, 5.74) is 4.44. The van der Waals surface area contributed by atoms with E-state index in [-0.39, 0.29) is 0 Å². The maximum absolute atomic E-state index is 5.66. The molecule has 6 heterocycles. The van der Waals surface area contributed by atoms with Gasteiger partial charge in [0.05, 0.1) is 22.5 Å². The Morgan fingerprint density at radius 2 is 2.06 bits per heavy atom. The fourth-order valence-electron chi connectivity index (χ4n) is 4.69. The van der Waals surface area contributed by atoms with Crippen LogP contribution in [-0.2, 0) is 11.3 Å². The SMILES string of the molecule is Cc1ccnn1-c1nc2cc(Nc3ccc(C4CCOC4)c(CN4CCCC4)n3)ncc2s1. The van der Waals surface area contributed by atoms with Gasteiger partial charge in [0, 0.05) is 43.2 Å². The highest BCUT2D eigenvalue weighted by Crippen LogP contribution is 2.31. The largest absolute Gasteiger partial charge is 0.381 e. The second-order valence-corrected chi connectivity index (χ2v) is 9.83. The van der Waals surface area contributed by atoms with E-state index in [4.69, 9.17) is 14.7 Å². The Morgan fingerprint density at radius 3 is 2.85 bits per heavy atom. The topological polar surface area (TPSA) is 81.0 Å². The van der Waals surface area contributed by atoms with Crippen LogP contribution >= 0.6 is 11.3 Å². The molecule has 2 aliphatic heterocycles. The number of hydrogen-bond acceptors (Lipinski definition) is 8. The molecule has 9 heteroatoms. The van der Waals surface area contributed by atoms with Crippen LogP contribution in [0.2, 0.25) is 0 Å². The minimum atomic E-state index is 0.442. The van der Waals surface area contributed by atoms with Gasteiger partial charge in [0.25, 0.3) is 0 Å². The van der Waals surface area contributed by atoms with Gasteiger partial charge in [-0.3, -0.25) is 4.90 Å². The van der Waals surface area contributed by atoms with E-state index in [1.54, 1.807) is 17.5 Å². The molecule has 4 aromatic rings. The number of anilines is 2. The van der Waals surface area contributed by atoms with Gasteiger partial charge in [-0.1, -0.05) is 17.4 Å². The summed E-state index contributed by atoms with van der Waals surface area (Å²) < 4.78 is 8.55. The average molecular weight is 462 g/mol. The van der Waals surface area contributed by atoms with Gasteiger partial charge in [-0.05, 0) is 57.0 Å². The van der Waals surface area contributed by atoms with Crippen molar-refractivity contribution in [3.63, 3.8) is 0 Å². The molecule has 0 bridgehead atoms. The first kappa shape index (κ1) is 20.7. The highest BCUT2D eigenvalue weighted by atomic mass is 32.1. The standard InChI is InChI=1S/C24H27N7OS/c1-16-6-8-26-31(16)24-28-19-12-23(25-13-21(19)33-24)29-22-5-4-18(17-7-11-32-15-17)20(27-22)14-30-9-2-3-10-30/h4-6,8,12-13,17H,2-3,7,9-11,14-15H2,1H3,(H,25,27,29). The van der Waals surface area contributed by atoms with E-state index >= 15 is 0 Å². The Hall–Kier alpha value is -2.88. The molecule has 6 rings (SSSR count). The van der Waals surface area contributed by atoms with Crippen molar-refractivity contribution in [3.05, 3.63) is 53.6 Å². The number of fused-ring (bicyclic) bond motifs is 1. The summed E-state index contributed by atoms with van der Waals surface area (Å²) in [7, 11) is 0. The first-order valence-electron chi connectivity index (χ1n) is 11.6. The molecule has 8 nitrogen and oxygen atoms in total. The quantitative estimate of drug-likeness (QED) is 0.455. The molecule has 0 spiro atoms. The van der Waals surface area contributed by atoms with E-state index in [9.17, 15) is 0 Å². The van der Waals surface area contributed by atoms with Crippen LogP contribution in [0.25, 0.3) is 15.3 Å². The summed E-state index contributed by atoms with van der Waals surface area (Å²) in [6.07, 6.45) is 7.28. The van der Waals surface area contributed by atoms with Crippen molar-refractivity contribution >= 4 is 33.2 Å². The van der Waals surface area contributed by atoms with Crippen molar-refractivity contribution < 1.29 is 4.74 Å². The highest BCUT2D eigenvalue weighted by molar-refractivity contribution is 7.20. The van der Waals surface area contributed by atoms with Crippen molar-refractivity contribution in [1.82, 2.24) is 29.6 Å². The minimum Gasteiger partial charge on any atom is -0.381 e. The molecule has 4 aromatic heterocycles. The van der Waals surface area contributed by atoms with Crippen molar-refractivity contribution in [3.8, 4) is 5.13 Å². The van der Waals surface area contributed by atoms with E-state index < -0.39 is 0 Å². The molecule has 0 saturated carbocycles. The summed E-state index contributed by atoms with van der Waals surface area (Å²) >= 11 is 1.59. The van der Waals surface area contributed by atoms with Crippen molar-refractivity contribution in [1.29, 1.82) is 0 Å². The third-order valence-corrected chi connectivity index (χ3v) is 7.47. The summed E-state index contributed by atoms with van der Waals surface area (Å²) in [4.78, 5) is 16.9. The Labute approximate surface area is 196 Å². The maximum atomic E-state index is 5.66. The van der Waals surface area contributed by atoms with Crippen molar-refractivity contribution in [2.75, 3.05) is 31.6 Å². The first-order valence-corrected chi connectivity index (χ1v) is 12.4. The highest BCUT2D eigenvalue weighted by Gasteiger charge is 2.23. The van der Waals surface area contributed by atoms with Gasteiger partial charge in [-0.25, -0.2) is 19.6 Å². The fourth-order valence-corrected chi connectivity index (χ4v) is 5.63. The minimum absolute atomic E-state index is 0.442. The molecule has 0 aliphatic carbocycles. The van der Waals surface area contributed by atoms with E-state index in [0.29, 0.717) is 5.92 Å². The Balaban J connectivity index is 1.27. The number of nitrogens with zero attached hydrogens (tertiary/aromatic N) is 6. The van der Waals surface area contributed by atoms with E-state index in [1.165, 1.54) is 18.4 Å². The van der Waals surface area contributed by atoms with Gasteiger partial charge in [0.15, 0.2) is 0 Å². The first-order chi connectivity index (χ1) is 16.2. The van der Waals surface area contributed by atoms with Gasteiger partial charge >= 0.3 is 0 Å². The van der Waals surface area contributed by atoms with Crippen molar-refractivity contribution in [2.45, 2.75) is 38.6 Å². The number of aryl methyl sites for hydroxylation is 1. The zero-order valence-corrected chi connectivity index (χ0v) is 19.5. The van der Waals surface area contributed by atoms with Crippen LogP contribution in [0.1, 0.15) is 42.1 Å². The third kappa shape index (κ3) is 4.23. The Morgan fingerprint density at radius 1 is 1.15 bits per heavy atom. The predicted molar refractivity (Wildman–Crippen MR) is 129 cm³/mol. The molecule has 170 valence electrons. The molecule has 0 aromatic carbocycles. The lowest BCUT2D eigenvalue weighted by atomic mass is 9.96. The molecule has 2 fully saturated rings. The van der Waals surface area contributed by atoms with Crippen molar-refractivity contribution in [2.24, 2.45) is 0 Å². The number of pyridine rings is 2. The van der Waals surface area contributed by atoms with Crippen LogP contribution < -0.4 is 5.32 Å². The molecule has 33 heavy (non-hydrogen) atoms. The lowest BCUT2D eigenvalue weighted by Gasteiger charge is -2.20. The molecule has 2 aliphatic rings. The Bertz CT molecular complexity index is 1270. The number of nitrogens with one attached hydrogen (secondary N) is 1. The van der Waals surface area contributed by atoms with Gasteiger partial charge in [-0.2, -0.15) is 5.10 Å². The van der Waals surface area contributed by atoms with Gasteiger partial charge in [0.1, 0.15) is 11.6 Å². The lowest BCUT2D eigenvalue weighted by molar-refractivity contribution is 0.193. The molecule has 0 radical (unpaired) electrons. The molecule has 1 atom stereocenters. The number of aromatic nitrogens is 5. The van der Waals surface area contributed by atoms with Crippen LogP contribution in [-0.4, -0.2) is 55.9 Å². The van der Waals surface area contributed by atoms with E-state index in [2.05, 4.69) is 32.4 Å². The smallest absolute Gasteiger partial charge is 0.211 e. The zero-order valence-electron chi connectivity index (χ0n) is 18.7. The molecular formula is C24H27N7OS. The molecule has 1 N–H and O–H groups in total. The second kappa shape index (κ2) is 8.81. The average Bonchev–Trinajstić information content (AvgIpc) is 3.61. The Kier molecular flexibility index (Phi) is 5.53.